The van der Waals surface area contributed by atoms with E-state index in [9.17, 15) is 4.79 Å². The minimum Gasteiger partial charge on any atom is -0.496 e. The number of benzene rings is 1. The van der Waals surface area contributed by atoms with Crippen LogP contribution in [0, 0.1) is 6.92 Å². The lowest BCUT2D eigenvalue weighted by atomic mass is 10.0. The summed E-state index contributed by atoms with van der Waals surface area (Å²) in [6, 6.07) is 5.88. The Bertz CT molecular complexity index is 590. The number of nitrogens with one attached hydrogen (secondary N) is 1. The highest BCUT2D eigenvalue weighted by molar-refractivity contribution is 5.73. The molecule has 0 unspecified atom stereocenters. The van der Waals surface area contributed by atoms with Crippen molar-refractivity contribution in [2.75, 3.05) is 7.11 Å². The molecule has 0 fully saturated rings. The van der Waals surface area contributed by atoms with Gasteiger partial charge in [0.1, 0.15) is 5.75 Å². The Kier molecular flexibility index (Phi) is 3.85. The molecule has 1 aromatic heterocycles. The molecule has 19 heavy (non-hydrogen) atoms. The Hall–Kier alpha value is -2.30. The molecule has 0 aliphatic heterocycles. The molecular weight excluding hydrogens is 244 g/mol. The first kappa shape index (κ1) is 13.1. The van der Waals surface area contributed by atoms with Crippen LogP contribution in [-0.2, 0) is 11.2 Å². The normalized spacial score (nSPS) is 10.4. The van der Waals surface area contributed by atoms with Gasteiger partial charge >= 0.3 is 5.97 Å². The summed E-state index contributed by atoms with van der Waals surface area (Å²) in [5, 5.41) is 15.6. The average Bonchev–Trinajstić information content (AvgIpc) is 2.84. The van der Waals surface area contributed by atoms with Crippen molar-refractivity contribution in [3.8, 4) is 16.9 Å². The van der Waals surface area contributed by atoms with E-state index >= 15 is 0 Å². The number of carboxylic acid groups (broad SMARTS) is 1. The summed E-state index contributed by atoms with van der Waals surface area (Å²) in [5.41, 5.74) is 3.74. The van der Waals surface area contributed by atoms with Gasteiger partial charge in [-0.2, -0.15) is 5.10 Å². The number of aryl methyl sites for hydroxylation is 2. The predicted octanol–water partition coefficient (Wildman–Crippen LogP) is 2.41. The molecule has 0 amide bonds. The summed E-state index contributed by atoms with van der Waals surface area (Å²) in [5.74, 6) is -0.0691. The maximum absolute atomic E-state index is 10.7. The number of carbonyl (C=O) groups is 1. The summed E-state index contributed by atoms with van der Waals surface area (Å²) in [6.45, 7) is 2.00. The number of hydrogen-bond acceptors (Lipinski definition) is 3. The van der Waals surface area contributed by atoms with E-state index in [0.29, 0.717) is 6.42 Å². The SMILES string of the molecule is COc1ccc(C)cc1-c1cn[nH]c1CCC(=O)O. The Balaban J connectivity index is 2.39. The van der Waals surface area contributed by atoms with Gasteiger partial charge in [-0.05, 0) is 19.1 Å². The second kappa shape index (κ2) is 5.56. The second-order valence-corrected chi connectivity index (χ2v) is 4.36. The van der Waals surface area contributed by atoms with Gasteiger partial charge in [0, 0.05) is 23.2 Å². The van der Waals surface area contributed by atoms with Gasteiger partial charge in [-0.3, -0.25) is 9.89 Å². The third-order valence-corrected chi connectivity index (χ3v) is 2.95. The van der Waals surface area contributed by atoms with Crippen LogP contribution >= 0.6 is 0 Å². The fourth-order valence-electron chi connectivity index (χ4n) is 2.00. The molecular formula is C14H16N2O3. The van der Waals surface area contributed by atoms with Crippen molar-refractivity contribution >= 4 is 5.97 Å². The van der Waals surface area contributed by atoms with E-state index in [1.807, 2.05) is 25.1 Å². The van der Waals surface area contributed by atoms with E-state index in [0.717, 1.165) is 28.1 Å². The summed E-state index contributed by atoms with van der Waals surface area (Å²) in [6.07, 6.45) is 2.19. The van der Waals surface area contributed by atoms with Crippen LogP contribution in [0.1, 0.15) is 17.7 Å². The van der Waals surface area contributed by atoms with Crippen molar-refractivity contribution in [1.29, 1.82) is 0 Å². The van der Waals surface area contributed by atoms with Gasteiger partial charge in [-0.1, -0.05) is 11.6 Å². The van der Waals surface area contributed by atoms with Crippen LogP contribution in [-0.4, -0.2) is 28.4 Å². The Morgan fingerprint density at radius 1 is 1.42 bits per heavy atom. The topological polar surface area (TPSA) is 75.2 Å². The molecule has 0 aliphatic rings. The molecule has 0 spiro atoms. The number of carboxylic acids is 1. The molecule has 2 aromatic rings. The number of aromatic nitrogens is 2. The summed E-state index contributed by atoms with van der Waals surface area (Å²) >= 11 is 0. The molecule has 0 atom stereocenters. The number of nitrogens with zero attached hydrogens (tertiary/aromatic N) is 1. The summed E-state index contributed by atoms with van der Waals surface area (Å²) < 4.78 is 5.35. The van der Waals surface area contributed by atoms with Crippen LogP contribution in [0.25, 0.3) is 11.1 Å². The number of ether oxygens (including phenoxy) is 1. The molecule has 0 aliphatic carbocycles. The van der Waals surface area contributed by atoms with Crippen molar-refractivity contribution in [3.63, 3.8) is 0 Å². The average molecular weight is 260 g/mol. The number of hydrogen-bond donors (Lipinski definition) is 2. The van der Waals surface area contributed by atoms with E-state index < -0.39 is 5.97 Å². The molecule has 5 heteroatoms. The van der Waals surface area contributed by atoms with E-state index in [2.05, 4.69) is 10.2 Å². The van der Waals surface area contributed by atoms with Crippen molar-refractivity contribution < 1.29 is 14.6 Å². The zero-order valence-electron chi connectivity index (χ0n) is 10.9. The third-order valence-electron chi connectivity index (χ3n) is 2.95. The maximum atomic E-state index is 10.7. The van der Waals surface area contributed by atoms with E-state index in [1.165, 1.54) is 0 Å². The number of H-pyrrole nitrogens is 1. The molecule has 2 rings (SSSR count). The highest BCUT2D eigenvalue weighted by Crippen LogP contribution is 2.32. The van der Waals surface area contributed by atoms with Gasteiger partial charge in [0.25, 0.3) is 0 Å². The molecule has 0 bridgehead atoms. The quantitative estimate of drug-likeness (QED) is 0.865. The third kappa shape index (κ3) is 2.93. The lowest BCUT2D eigenvalue weighted by molar-refractivity contribution is -0.136. The number of aromatic amines is 1. The van der Waals surface area contributed by atoms with E-state index in [-0.39, 0.29) is 6.42 Å². The lowest BCUT2D eigenvalue weighted by Crippen LogP contribution is -1.99. The molecule has 1 heterocycles. The van der Waals surface area contributed by atoms with Gasteiger partial charge in [-0.25, -0.2) is 0 Å². The van der Waals surface area contributed by atoms with Crippen LogP contribution in [0.5, 0.6) is 5.75 Å². The fraction of sp³-hybridized carbons (Fsp3) is 0.286. The number of rotatable bonds is 5. The molecule has 0 radical (unpaired) electrons. The van der Waals surface area contributed by atoms with Crippen molar-refractivity contribution in [2.45, 2.75) is 19.8 Å². The van der Waals surface area contributed by atoms with Gasteiger partial charge in [0.2, 0.25) is 0 Å². The zero-order chi connectivity index (χ0) is 13.8. The monoisotopic (exact) mass is 260 g/mol. The van der Waals surface area contributed by atoms with Crippen LogP contribution in [0.4, 0.5) is 0 Å². The van der Waals surface area contributed by atoms with Crippen molar-refractivity contribution in [3.05, 3.63) is 35.7 Å². The Morgan fingerprint density at radius 2 is 2.21 bits per heavy atom. The van der Waals surface area contributed by atoms with Gasteiger partial charge in [-0.15, -0.1) is 0 Å². The van der Waals surface area contributed by atoms with E-state index in [4.69, 9.17) is 9.84 Å². The van der Waals surface area contributed by atoms with Crippen LogP contribution in [0.15, 0.2) is 24.4 Å². The Labute approximate surface area is 111 Å². The van der Waals surface area contributed by atoms with Gasteiger partial charge in [0.05, 0.1) is 19.7 Å². The second-order valence-electron chi connectivity index (χ2n) is 4.36. The van der Waals surface area contributed by atoms with Crippen LogP contribution in [0.2, 0.25) is 0 Å². The zero-order valence-corrected chi connectivity index (χ0v) is 10.9. The largest absolute Gasteiger partial charge is 0.496 e. The minimum absolute atomic E-state index is 0.0727. The maximum Gasteiger partial charge on any atom is 0.303 e. The lowest BCUT2D eigenvalue weighted by Gasteiger charge is -2.09. The molecule has 0 saturated carbocycles. The van der Waals surface area contributed by atoms with E-state index in [1.54, 1.807) is 13.3 Å². The smallest absolute Gasteiger partial charge is 0.303 e. The molecule has 100 valence electrons. The van der Waals surface area contributed by atoms with Crippen LogP contribution in [0.3, 0.4) is 0 Å². The molecule has 0 saturated heterocycles. The molecule has 1 aromatic carbocycles. The predicted molar refractivity (Wildman–Crippen MR) is 71.3 cm³/mol. The van der Waals surface area contributed by atoms with Gasteiger partial charge < -0.3 is 9.84 Å². The van der Waals surface area contributed by atoms with Crippen LogP contribution < -0.4 is 4.74 Å². The summed E-state index contributed by atoms with van der Waals surface area (Å²) in [4.78, 5) is 10.7. The first-order chi connectivity index (χ1) is 9.11. The number of methoxy groups -OCH3 is 1. The molecule has 2 N–H and O–H groups in total. The Morgan fingerprint density at radius 3 is 2.89 bits per heavy atom. The highest BCUT2D eigenvalue weighted by atomic mass is 16.5. The first-order valence-electron chi connectivity index (χ1n) is 6.01. The standard InChI is InChI=1S/C14H16N2O3/c1-9-3-5-13(19-2)10(7-9)11-8-15-16-12(11)4-6-14(17)18/h3,5,7-8H,4,6H2,1-2H3,(H,15,16)(H,17,18). The van der Waals surface area contributed by atoms with Gasteiger partial charge in [0.15, 0.2) is 0 Å². The summed E-state index contributed by atoms with van der Waals surface area (Å²) in [7, 11) is 1.62. The highest BCUT2D eigenvalue weighted by Gasteiger charge is 2.13. The van der Waals surface area contributed by atoms with Crippen molar-refractivity contribution in [1.82, 2.24) is 10.2 Å². The number of aliphatic carboxylic acids is 1. The fourth-order valence-corrected chi connectivity index (χ4v) is 2.00. The first-order valence-corrected chi connectivity index (χ1v) is 6.01. The molecule has 5 nitrogen and oxygen atoms in total. The minimum atomic E-state index is -0.822. The van der Waals surface area contributed by atoms with Crippen molar-refractivity contribution in [2.24, 2.45) is 0 Å².